The number of nitrogens with one attached hydrogen (secondary N) is 1. The van der Waals surface area contributed by atoms with Crippen molar-refractivity contribution in [3.63, 3.8) is 0 Å². The minimum absolute atomic E-state index is 0.898. The third-order valence-corrected chi connectivity index (χ3v) is 9.36. The molecule has 0 bridgehead atoms. The number of rotatable bonds is 2. The van der Waals surface area contributed by atoms with Crippen LogP contribution in [0.3, 0.4) is 0 Å². The quantitative estimate of drug-likeness (QED) is 0.210. The van der Waals surface area contributed by atoms with Gasteiger partial charge in [-0.2, -0.15) is 0 Å². The molecule has 2 aromatic heterocycles. The molecule has 2 heteroatoms. The van der Waals surface area contributed by atoms with Gasteiger partial charge in [-0.05, 0) is 84.9 Å². The van der Waals surface area contributed by atoms with Crippen molar-refractivity contribution in [1.82, 2.24) is 4.98 Å². The summed E-state index contributed by atoms with van der Waals surface area (Å²) in [7, 11) is 0. The molecule has 0 unspecified atom stereocenters. The molecule has 0 saturated heterocycles. The molecule has 0 aliphatic rings. The number of hydrogen-bond donors (Lipinski definition) is 1. The molecule has 2 heterocycles. The molecule has 8 aromatic carbocycles. The van der Waals surface area contributed by atoms with Crippen LogP contribution < -0.4 is 0 Å². The number of H-pyrrole nitrogens is 1. The largest absolute Gasteiger partial charge is 0.454 e. The monoisotopic (exact) mass is 559 g/mol. The van der Waals surface area contributed by atoms with E-state index in [9.17, 15) is 0 Å². The minimum atomic E-state index is 0.898. The third-order valence-electron chi connectivity index (χ3n) is 9.36. The van der Waals surface area contributed by atoms with Crippen LogP contribution in [0.25, 0.3) is 98.3 Å². The predicted molar refractivity (Wildman–Crippen MR) is 186 cm³/mol. The Hall–Kier alpha value is -5.86. The van der Waals surface area contributed by atoms with Crippen molar-refractivity contribution < 1.29 is 4.42 Å². The van der Waals surface area contributed by atoms with Gasteiger partial charge in [0.25, 0.3) is 0 Å². The Balaban J connectivity index is 1.26. The molecular formula is C42H25NO. The maximum absolute atomic E-state index is 6.60. The van der Waals surface area contributed by atoms with Gasteiger partial charge in [-0.1, -0.05) is 115 Å². The van der Waals surface area contributed by atoms with Crippen LogP contribution in [-0.2, 0) is 0 Å². The Morgan fingerprint density at radius 3 is 1.68 bits per heavy atom. The zero-order valence-electron chi connectivity index (χ0n) is 23.8. The number of fused-ring (bicyclic) bond motifs is 10. The molecule has 0 spiro atoms. The summed E-state index contributed by atoms with van der Waals surface area (Å²) in [5.41, 5.74) is 8.94. The van der Waals surface area contributed by atoms with Gasteiger partial charge in [-0.3, -0.25) is 0 Å². The van der Waals surface area contributed by atoms with Crippen molar-refractivity contribution in [3.05, 3.63) is 146 Å². The molecule has 1 N–H and O–H groups in total. The fourth-order valence-electron chi connectivity index (χ4n) is 7.40. The van der Waals surface area contributed by atoms with E-state index in [1.54, 1.807) is 0 Å². The highest BCUT2D eigenvalue weighted by Crippen LogP contribution is 2.45. The van der Waals surface area contributed by atoms with E-state index in [-0.39, 0.29) is 0 Å². The average Bonchev–Trinajstić information content (AvgIpc) is 3.64. The summed E-state index contributed by atoms with van der Waals surface area (Å²) < 4.78 is 6.60. The van der Waals surface area contributed by atoms with Crippen LogP contribution in [0.4, 0.5) is 0 Å². The summed E-state index contributed by atoms with van der Waals surface area (Å²) in [6.45, 7) is 0. The van der Waals surface area contributed by atoms with E-state index in [0.29, 0.717) is 0 Å². The van der Waals surface area contributed by atoms with Gasteiger partial charge < -0.3 is 9.40 Å². The van der Waals surface area contributed by atoms with Crippen LogP contribution >= 0.6 is 0 Å². The van der Waals surface area contributed by atoms with Gasteiger partial charge in [-0.25, -0.2) is 0 Å². The van der Waals surface area contributed by atoms with Crippen molar-refractivity contribution in [3.8, 4) is 22.3 Å². The maximum atomic E-state index is 6.60. The molecule has 0 atom stereocenters. The Bertz CT molecular complexity index is 2710. The fourth-order valence-corrected chi connectivity index (χ4v) is 7.40. The van der Waals surface area contributed by atoms with Gasteiger partial charge in [0.05, 0.1) is 5.52 Å². The number of hydrogen-bond acceptors (Lipinski definition) is 1. The van der Waals surface area contributed by atoms with E-state index in [4.69, 9.17) is 4.42 Å². The van der Waals surface area contributed by atoms with Gasteiger partial charge in [0, 0.05) is 27.1 Å². The summed E-state index contributed by atoms with van der Waals surface area (Å²) in [5.74, 6) is 0. The van der Waals surface area contributed by atoms with Crippen molar-refractivity contribution in [1.29, 1.82) is 0 Å². The first kappa shape index (κ1) is 23.7. The molecular weight excluding hydrogens is 534 g/mol. The molecule has 0 fully saturated rings. The molecule has 10 aromatic rings. The minimum Gasteiger partial charge on any atom is -0.454 e. The first-order valence-corrected chi connectivity index (χ1v) is 15.1. The van der Waals surface area contributed by atoms with E-state index in [1.165, 1.54) is 65.3 Å². The average molecular weight is 560 g/mol. The molecule has 204 valence electrons. The second-order valence-electron chi connectivity index (χ2n) is 11.8. The van der Waals surface area contributed by atoms with Crippen molar-refractivity contribution >= 4 is 76.1 Å². The van der Waals surface area contributed by atoms with Crippen LogP contribution in [0.2, 0.25) is 0 Å². The van der Waals surface area contributed by atoms with Gasteiger partial charge in [0.1, 0.15) is 5.58 Å². The topological polar surface area (TPSA) is 28.9 Å². The lowest BCUT2D eigenvalue weighted by Crippen LogP contribution is -1.90. The molecule has 0 amide bonds. The first-order valence-electron chi connectivity index (χ1n) is 15.1. The number of furan rings is 1. The van der Waals surface area contributed by atoms with Crippen molar-refractivity contribution in [2.75, 3.05) is 0 Å². The molecule has 0 aliphatic carbocycles. The molecule has 10 rings (SSSR count). The summed E-state index contributed by atoms with van der Waals surface area (Å²) in [6.07, 6.45) is 0. The summed E-state index contributed by atoms with van der Waals surface area (Å²) in [5, 5.41) is 12.2. The fraction of sp³-hybridized carbons (Fsp3) is 0. The zero-order valence-corrected chi connectivity index (χ0v) is 23.8. The van der Waals surface area contributed by atoms with Gasteiger partial charge in [-0.15, -0.1) is 0 Å². The van der Waals surface area contributed by atoms with Crippen LogP contribution in [-0.4, -0.2) is 4.98 Å². The summed E-state index contributed by atoms with van der Waals surface area (Å²) in [6, 6.07) is 52.6. The zero-order chi connectivity index (χ0) is 28.8. The Kier molecular flexibility index (Phi) is 4.75. The normalized spacial score (nSPS) is 12.1. The van der Waals surface area contributed by atoms with E-state index in [1.807, 2.05) is 0 Å². The van der Waals surface area contributed by atoms with E-state index < -0.39 is 0 Å². The first-order chi connectivity index (χ1) is 21.8. The van der Waals surface area contributed by atoms with E-state index >= 15 is 0 Å². The summed E-state index contributed by atoms with van der Waals surface area (Å²) in [4.78, 5) is 3.70. The molecule has 2 nitrogen and oxygen atoms in total. The number of aromatic amines is 1. The predicted octanol–water partition coefficient (Wildman–Crippen LogP) is 12.0. The van der Waals surface area contributed by atoms with Gasteiger partial charge >= 0.3 is 0 Å². The molecule has 0 saturated carbocycles. The number of benzene rings is 8. The smallest absolute Gasteiger partial charge is 0.159 e. The van der Waals surface area contributed by atoms with Gasteiger partial charge in [0.15, 0.2) is 5.58 Å². The lowest BCUT2D eigenvalue weighted by Gasteiger charge is -2.17. The van der Waals surface area contributed by atoms with Crippen LogP contribution in [0.1, 0.15) is 0 Å². The van der Waals surface area contributed by atoms with Crippen molar-refractivity contribution in [2.24, 2.45) is 0 Å². The second-order valence-corrected chi connectivity index (χ2v) is 11.8. The van der Waals surface area contributed by atoms with E-state index in [0.717, 1.165) is 33.0 Å². The van der Waals surface area contributed by atoms with Crippen LogP contribution in [0.15, 0.2) is 150 Å². The highest BCUT2D eigenvalue weighted by molar-refractivity contribution is 6.24. The van der Waals surface area contributed by atoms with E-state index in [2.05, 4.69) is 151 Å². The Morgan fingerprint density at radius 1 is 0.386 bits per heavy atom. The standard InChI is InChI=1S/C42H25NO/c1-2-10-25(11-3-1)39-29-14-6-8-16-31(29)40(32-17-9-7-15-30(32)39)28-18-21-38-36(23-28)34-20-19-33-35-22-26-12-4-5-13-27(26)24-37(35)43-41(33)42(34)44-38/h1-24,43H. The Morgan fingerprint density at radius 2 is 0.977 bits per heavy atom. The van der Waals surface area contributed by atoms with Crippen molar-refractivity contribution in [2.45, 2.75) is 0 Å². The lowest BCUT2D eigenvalue weighted by molar-refractivity contribution is 0.672. The summed E-state index contributed by atoms with van der Waals surface area (Å²) >= 11 is 0. The highest BCUT2D eigenvalue weighted by Gasteiger charge is 2.19. The molecule has 44 heavy (non-hydrogen) atoms. The third kappa shape index (κ3) is 3.25. The van der Waals surface area contributed by atoms with Gasteiger partial charge in [0.2, 0.25) is 0 Å². The van der Waals surface area contributed by atoms with Crippen LogP contribution in [0.5, 0.6) is 0 Å². The second kappa shape index (κ2) is 8.82. The molecule has 0 radical (unpaired) electrons. The number of aromatic nitrogens is 1. The lowest BCUT2D eigenvalue weighted by atomic mass is 9.86. The molecule has 0 aliphatic heterocycles. The Labute approximate surface area is 252 Å². The van der Waals surface area contributed by atoms with Crippen LogP contribution in [0, 0.1) is 0 Å². The maximum Gasteiger partial charge on any atom is 0.159 e. The SMILES string of the molecule is c1ccc(-c2c3ccccc3c(-c3ccc4oc5c(ccc6c7cc8ccccc8cc7[nH]c65)c4c3)c3ccccc23)cc1. The highest BCUT2D eigenvalue weighted by atomic mass is 16.3.